The minimum atomic E-state index is -0.549. The van der Waals surface area contributed by atoms with Gasteiger partial charge in [0.2, 0.25) is 0 Å². The van der Waals surface area contributed by atoms with Gasteiger partial charge in [0, 0.05) is 3.57 Å². The lowest BCUT2D eigenvalue weighted by atomic mass is 10.2. The number of nitrogens with zero attached hydrogens (tertiary/aromatic N) is 1. The summed E-state index contributed by atoms with van der Waals surface area (Å²) in [5.41, 5.74) is 3.78. The molecule has 0 radical (unpaired) electrons. The number of hydrazone groups is 1. The van der Waals surface area contributed by atoms with Crippen LogP contribution in [-0.4, -0.2) is 44.8 Å². The van der Waals surface area contributed by atoms with Gasteiger partial charge in [-0.3, -0.25) is 9.59 Å². The van der Waals surface area contributed by atoms with Crippen LogP contribution in [-0.2, 0) is 4.79 Å². The van der Waals surface area contributed by atoms with Crippen LogP contribution >= 0.6 is 22.6 Å². The highest BCUT2D eigenvalue weighted by atomic mass is 127. The summed E-state index contributed by atoms with van der Waals surface area (Å²) < 4.78 is 16.6. The van der Waals surface area contributed by atoms with Gasteiger partial charge in [0.15, 0.2) is 11.5 Å². The van der Waals surface area contributed by atoms with E-state index in [0.29, 0.717) is 28.2 Å². The van der Waals surface area contributed by atoms with Crippen molar-refractivity contribution in [3.63, 3.8) is 0 Å². The molecule has 3 aromatic rings. The Kier molecular flexibility index (Phi) is 9.18. The molecule has 0 unspecified atom stereocenters. The van der Waals surface area contributed by atoms with Crippen molar-refractivity contribution in [3.8, 4) is 17.2 Å². The smallest absolute Gasteiger partial charge is 0.343 e. The third kappa shape index (κ3) is 7.27. The molecule has 0 saturated carbocycles. The molecule has 3 aromatic carbocycles. The first-order chi connectivity index (χ1) is 16.9. The Hall–Kier alpha value is -3.93. The number of methoxy groups -OCH3 is 2. The summed E-state index contributed by atoms with van der Waals surface area (Å²) in [7, 11) is 2.98. The molecule has 0 aromatic heterocycles. The Labute approximate surface area is 215 Å². The van der Waals surface area contributed by atoms with Gasteiger partial charge in [-0.15, -0.1) is 0 Å². The number of nitrogens with one attached hydrogen (secondary N) is 2. The molecule has 35 heavy (non-hydrogen) atoms. The molecule has 9 nitrogen and oxygen atoms in total. The summed E-state index contributed by atoms with van der Waals surface area (Å²) in [5.74, 6) is -0.217. The minimum absolute atomic E-state index is 0.229. The van der Waals surface area contributed by atoms with Gasteiger partial charge in [0.1, 0.15) is 5.75 Å². The number of amides is 2. The number of hydrogen-bond donors (Lipinski definition) is 2. The van der Waals surface area contributed by atoms with Gasteiger partial charge >= 0.3 is 5.97 Å². The number of rotatable bonds is 9. The van der Waals surface area contributed by atoms with E-state index in [9.17, 15) is 14.4 Å². The van der Waals surface area contributed by atoms with Gasteiger partial charge in [-0.2, -0.15) is 5.10 Å². The highest BCUT2D eigenvalue weighted by Crippen LogP contribution is 2.28. The third-order valence-electron chi connectivity index (χ3n) is 4.65. The lowest BCUT2D eigenvalue weighted by Gasteiger charge is -2.10. The largest absolute Gasteiger partial charge is 0.497 e. The van der Waals surface area contributed by atoms with E-state index in [0.717, 1.165) is 3.57 Å². The number of esters is 1. The zero-order valence-corrected chi connectivity index (χ0v) is 21.1. The fourth-order valence-electron chi connectivity index (χ4n) is 2.85. The van der Waals surface area contributed by atoms with Gasteiger partial charge in [0.05, 0.1) is 38.1 Å². The maximum absolute atomic E-state index is 12.4. The number of halogens is 1. The second-order valence-corrected chi connectivity index (χ2v) is 8.15. The standard InChI is InChI=1S/C25H22IN3O6/c1-33-18-10-8-17(9-11-18)25(32)35-21-12-7-16(13-22(21)34-2)14-28-29-23(30)15-27-24(31)19-5-3-4-6-20(19)26/h3-14H,15H2,1-2H3,(H,27,31)(H,29,30)/b28-14+. The molecule has 0 spiro atoms. The zero-order chi connectivity index (χ0) is 25.2. The first-order valence-electron chi connectivity index (χ1n) is 10.3. The molecule has 3 rings (SSSR count). The molecule has 0 fully saturated rings. The first kappa shape index (κ1) is 25.7. The molecule has 2 N–H and O–H groups in total. The fourth-order valence-corrected chi connectivity index (χ4v) is 3.49. The van der Waals surface area contributed by atoms with E-state index < -0.39 is 11.9 Å². The number of carbonyl (C=O) groups excluding carboxylic acids is 3. The van der Waals surface area contributed by atoms with Gasteiger partial charge in [0.25, 0.3) is 11.8 Å². The van der Waals surface area contributed by atoms with Crippen LogP contribution in [0.1, 0.15) is 26.3 Å². The van der Waals surface area contributed by atoms with E-state index in [-0.39, 0.29) is 18.2 Å². The summed E-state index contributed by atoms with van der Waals surface area (Å²) in [6.45, 7) is -0.231. The predicted octanol–water partition coefficient (Wildman–Crippen LogP) is 3.41. The van der Waals surface area contributed by atoms with Gasteiger partial charge < -0.3 is 19.5 Å². The molecule has 0 atom stereocenters. The van der Waals surface area contributed by atoms with Crippen LogP contribution in [0.4, 0.5) is 0 Å². The Balaban J connectivity index is 1.54. The van der Waals surface area contributed by atoms with Crippen LogP contribution in [0, 0.1) is 3.57 Å². The van der Waals surface area contributed by atoms with E-state index in [1.54, 1.807) is 67.8 Å². The van der Waals surface area contributed by atoms with Crippen molar-refractivity contribution in [1.82, 2.24) is 10.7 Å². The Morgan fingerprint density at radius 1 is 0.943 bits per heavy atom. The second kappa shape index (κ2) is 12.5. The quantitative estimate of drug-likeness (QED) is 0.130. The van der Waals surface area contributed by atoms with E-state index >= 15 is 0 Å². The lowest BCUT2D eigenvalue weighted by Crippen LogP contribution is -2.35. The molecular weight excluding hydrogens is 565 g/mol. The summed E-state index contributed by atoms with van der Waals surface area (Å²) >= 11 is 2.05. The number of carbonyl (C=O) groups is 3. The van der Waals surface area contributed by atoms with Crippen LogP contribution in [0.2, 0.25) is 0 Å². The summed E-state index contributed by atoms with van der Waals surface area (Å²) in [5, 5.41) is 6.43. The monoisotopic (exact) mass is 587 g/mol. The van der Waals surface area contributed by atoms with Crippen LogP contribution in [0.15, 0.2) is 71.8 Å². The van der Waals surface area contributed by atoms with E-state index in [1.807, 2.05) is 6.07 Å². The second-order valence-electron chi connectivity index (χ2n) is 6.98. The molecule has 0 aliphatic carbocycles. The average molecular weight is 587 g/mol. The minimum Gasteiger partial charge on any atom is -0.497 e. The van der Waals surface area contributed by atoms with Crippen LogP contribution in [0.5, 0.6) is 17.2 Å². The summed E-state index contributed by atoms with van der Waals surface area (Å²) in [4.78, 5) is 36.6. The van der Waals surface area contributed by atoms with Crippen LogP contribution in [0.3, 0.4) is 0 Å². The molecule has 0 aliphatic heterocycles. The molecule has 180 valence electrons. The molecule has 0 aliphatic rings. The Morgan fingerprint density at radius 3 is 2.37 bits per heavy atom. The first-order valence-corrected chi connectivity index (χ1v) is 11.4. The van der Waals surface area contributed by atoms with Crippen molar-refractivity contribution >= 4 is 46.6 Å². The van der Waals surface area contributed by atoms with Gasteiger partial charge in [-0.05, 0) is 82.8 Å². The number of hydrogen-bond acceptors (Lipinski definition) is 7. The maximum Gasteiger partial charge on any atom is 0.343 e. The lowest BCUT2D eigenvalue weighted by molar-refractivity contribution is -0.120. The molecule has 0 saturated heterocycles. The highest BCUT2D eigenvalue weighted by molar-refractivity contribution is 14.1. The van der Waals surface area contributed by atoms with Gasteiger partial charge in [-0.1, -0.05) is 12.1 Å². The SMILES string of the molecule is COc1ccc(C(=O)Oc2ccc(/C=N/NC(=O)CNC(=O)c3ccccc3I)cc2OC)cc1. The van der Waals surface area contributed by atoms with Crippen molar-refractivity contribution in [2.24, 2.45) is 5.10 Å². The summed E-state index contributed by atoms with van der Waals surface area (Å²) in [6.07, 6.45) is 1.40. The van der Waals surface area contributed by atoms with Gasteiger partial charge in [-0.25, -0.2) is 10.2 Å². The van der Waals surface area contributed by atoms with Crippen molar-refractivity contribution in [2.45, 2.75) is 0 Å². The zero-order valence-electron chi connectivity index (χ0n) is 18.9. The van der Waals surface area contributed by atoms with Crippen molar-refractivity contribution in [2.75, 3.05) is 20.8 Å². The normalized spacial score (nSPS) is 10.5. The van der Waals surface area contributed by atoms with E-state index in [1.165, 1.54) is 13.3 Å². The highest BCUT2D eigenvalue weighted by Gasteiger charge is 2.13. The van der Waals surface area contributed by atoms with Crippen molar-refractivity contribution in [3.05, 3.63) is 87.0 Å². The molecule has 0 heterocycles. The number of ether oxygens (including phenoxy) is 3. The molecule has 2 amide bonds. The summed E-state index contributed by atoms with van der Waals surface area (Å²) in [6, 6.07) is 18.4. The molecule has 10 heteroatoms. The number of benzene rings is 3. The third-order valence-corrected chi connectivity index (χ3v) is 5.59. The van der Waals surface area contributed by atoms with Crippen LogP contribution in [0.25, 0.3) is 0 Å². The maximum atomic E-state index is 12.4. The van der Waals surface area contributed by atoms with E-state index in [2.05, 4.69) is 38.4 Å². The fraction of sp³-hybridized carbons (Fsp3) is 0.120. The molecule has 0 bridgehead atoms. The average Bonchev–Trinajstić information content (AvgIpc) is 2.88. The van der Waals surface area contributed by atoms with Crippen LogP contribution < -0.4 is 25.0 Å². The van der Waals surface area contributed by atoms with Crippen molar-refractivity contribution < 1.29 is 28.6 Å². The Bertz CT molecular complexity index is 1240. The topological polar surface area (TPSA) is 115 Å². The van der Waals surface area contributed by atoms with Crippen molar-refractivity contribution in [1.29, 1.82) is 0 Å². The molecular formula is C25H22IN3O6. The van der Waals surface area contributed by atoms with E-state index in [4.69, 9.17) is 14.2 Å². The Morgan fingerprint density at radius 2 is 1.69 bits per heavy atom. The predicted molar refractivity (Wildman–Crippen MR) is 138 cm³/mol.